The molecule has 0 bridgehead atoms. The highest BCUT2D eigenvalue weighted by atomic mass is 16.5. The summed E-state index contributed by atoms with van der Waals surface area (Å²) in [6.45, 7) is 8.09. The fourth-order valence-corrected chi connectivity index (χ4v) is 1.90. The van der Waals surface area contributed by atoms with Crippen LogP contribution in [0.25, 0.3) is 0 Å². The molecule has 2 nitrogen and oxygen atoms in total. The Labute approximate surface area is 74.2 Å². The summed E-state index contributed by atoms with van der Waals surface area (Å²) in [5.74, 6) is 0.372. The number of hydrogen-bond donors (Lipinski definition) is 1. The molecular weight excluding hydrogens is 152 g/mol. The molecule has 0 radical (unpaired) electrons. The third kappa shape index (κ3) is 2.32. The highest BCUT2D eigenvalue weighted by Crippen LogP contribution is 2.32. The highest BCUT2D eigenvalue weighted by molar-refractivity contribution is 4.91. The van der Waals surface area contributed by atoms with Gasteiger partial charge in [0.2, 0.25) is 0 Å². The Bertz CT molecular complexity index is 163. The summed E-state index contributed by atoms with van der Waals surface area (Å²) in [6.07, 6.45) is 3.78. The zero-order chi connectivity index (χ0) is 9.19. The van der Waals surface area contributed by atoms with Crippen LogP contribution in [0.5, 0.6) is 0 Å². The fourth-order valence-electron chi connectivity index (χ4n) is 1.90. The molecular formula is C10H18O2. The zero-order valence-corrected chi connectivity index (χ0v) is 7.92. The third-order valence-electron chi connectivity index (χ3n) is 2.34. The molecule has 2 atom stereocenters. The maximum Gasteiger partial charge on any atom is 0.0764 e. The van der Waals surface area contributed by atoms with Crippen molar-refractivity contribution in [2.75, 3.05) is 6.61 Å². The average molecular weight is 170 g/mol. The lowest BCUT2D eigenvalue weighted by atomic mass is 9.86. The first-order valence-corrected chi connectivity index (χ1v) is 4.48. The molecule has 0 saturated carbocycles. The van der Waals surface area contributed by atoms with E-state index in [4.69, 9.17) is 9.84 Å². The van der Waals surface area contributed by atoms with E-state index in [1.807, 2.05) is 6.08 Å². The van der Waals surface area contributed by atoms with Gasteiger partial charge in [-0.3, -0.25) is 0 Å². The molecule has 1 N–H and O–H groups in total. The number of ether oxygens (including phenoxy) is 1. The van der Waals surface area contributed by atoms with Gasteiger partial charge in [0, 0.05) is 6.61 Å². The largest absolute Gasteiger partial charge is 0.396 e. The molecule has 1 heterocycles. The van der Waals surface area contributed by atoms with Crippen LogP contribution in [0, 0.1) is 5.92 Å². The van der Waals surface area contributed by atoms with Crippen molar-refractivity contribution in [1.29, 1.82) is 0 Å². The SMILES string of the molecule is C=CC1CC(CO)CC(C)(C)O1. The molecule has 12 heavy (non-hydrogen) atoms. The van der Waals surface area contributed by atoms with E-state index in [2.05, 4.69) is 20.4 Å². The van der Waals surface area contributed by atoms with Gasteiger partial charge in [0.1, 0.15) is 0 Å². The van der Waals surface area contributed by atoms with Gasteiger partial charge in [-0.15, -0.1) is 6.58 Å². The first-order chi connectivity index (χ1) is 5.57. The molecule has 1 aliphatic heterocycles. The van der Waals surface area contributed by atoms with Crippen LogP contribution in [0.2, 0.25) is 0 Å². The summed E-state index contributed by atoms with van der Waals surface area (Å²) >= 11 is 0. The van der Waals surface area contributed by atoms with E-state index in [0.717, 1.165) is 12.8 Å². The van der Waals surface area contributed by atoms with Gasteiger partial charge in [-0.1, -0.05) is 6.08 Å². The molecule has 0 aliphatic carbocycles. The van der Waals surface area contributed by atoms with Gasteiger partial charge in [0.15, 0.2) is 0 Å². The maximum atomic E-state index is 9.05. The molecule has 0 aromatic rings. The summed E-state index contributed by atoms with van der Waals surface area (Å²) in [5, 5.41) is 9.05. The maximum absolute atomic E-state index is 9.05. The fraction of sp³-hybridized carbons (Fsp3) is 0.800. The molecule has 2 unspecified atom stereocenters. The quantitative estimate of drug-likeness (QED) is 0.640. The number of hydrogen-bond acceptors (Lipinski definition) is 2. The number of rotatable bonds is 2. The Morgan fingerprint density at radius 2 is 2.33 bits per heavy atom. The molecule has 1 rings (SSSR count). The summed E-state index contributed by atoms with van der Waals surface area (Å²) < 4.78 is 5.73. The van der Waals surface area contributed by atoms with Crippen LogP contribution in [0.4, 0.5) is 0 Å². The molecule has 2 heteroatoms. The predicted octanol–water partition coefficient (Wildman–Crippen LogP) is 1.74. The van der Waals surface area contributed by atoms with Gasteiger partial charge in [-0.05, 0) is 32.6 Å². The Morgan fingerprint density at radius 3 is 2.83 bits per heavy atom. The normalized spacial score (nSPS) is 34.6. The van der Waals surface area contributed by atoms with Crippen LogP contribution in [0.1, 0.15) is 26.7 Å². The number of aliphatic hydroxyl groups is 1. The first kappa shape index (κ1) is 9.75. The van der Waals surface area contributed by atoms with Crippen LogP contribution in [0.15, 0.2) is 12.7 Å². The van der Waals surface area contributed by atoms with Crippen LogP contribution >= 0.6 is 0 Å². The molecule has 1 saturated heterocycles. The average Bonchev–Trinajstić information content (AvgIpc) is 2.01. The van der Waals surface area contributed by atoms with Crippen molar-refractivity contribution in [3.63, 3.8) is 0 Å². The predicted molar refractivity (Wildman–Crippen MR) is 49.0 cm³/mol. The lowest BCUT2D eigenvalue weighted by Gasteiger charge is -2.38. The molecule has 0 aromatic heterocycles. The lowest BCUT2D eigenvalue weighted by Crippen LogP contribution is -2.39. The first-order valence-electron chi connectivity index (χ1n) is 4.48. The van der Waals surface area contributed by atoms with Crippen molar-refractivity contribution in [1.82, 2.24) is 0 Å². The second kappa shape index (κ2) is 3.58. The van der Waals surface area contributed by atoms with Gasteiger partial charge in [-0.25, -0.2) is 0 Å². The molecule has 0 amide bonds. The van der Waals surface area contributed by atoms with Crippen molar-refractivity contribution in [2.24, 2.45) is 5.92 Å². The minimum Gasteiger partial charge on any atom is -0.396 e. The van der Waals surface area contributed by atoms with Crippen molar-refractivity contribution in [2.45, 2.75) is 38.4 Å². The van der Waals surface area contributed by atoms with Crippen LogP contribution in [-0.2, 0) is 4.74 Å². The second-order valence-electron chi connectivity index (χ2n) is 4.14. The third-order valence-corrected chi connectivity index (χ3v) is 2.34. The van der Waals surface area contributed by atoms with Gasteiger partial charge in [0.25, 0.3) is 0 Å². The lowest BCUT2D eigenvalue weighted by molar-refractivity contribution is -0.112. The minimum absolute atomic E-state index is 0.107. The molecule has 70 valence electrons. The monoisotopic (exact) mass is 170 g/mol. The summed E-state index contributed by atoms with van der Waals surface area (Å²) in [4.78, 5) is 0. The second-order valence-corrected chi connectivity index (χ2v) is 4.14. The van der Waals surface area contributed by atoms with E-state index in [0.29, 0.717) is 5.92 Å². The summed E-state index contributed by atoms with van der Waals surface area (Å²) in [6, 6.07) is 0. The summed E-state index contributed by atoms with van der Waals surface area (Å²) in [5.41, 5.74) is -0.107. The van der Waals surface area contributed by atoms with E-state index < -0.39 is 0 Å². The Kier molecular flexibility index (Phi) is 2.91. The standard InChI is InChI=1S/C10H18O2/c1-4-9-5-8(7-11)6-10(2,3)12-9/h4,8-9,11H,1,5-7H2,2-3H3. The van der Waals surface area contributed by atoms with E-state index >= 15 is 0 Å². The van der Waals surface area contributed by atoms with Gasteiger partial charge >= 0.3 is 0 Å². The molecule has 0 spiro atoms. The summed E-state index contributed by atoms with van der Waals surface area (Å²) in [7, 11) is 0. The van der Waals surface area contributed by atoms with Crippen molar-refractivity contribution in [3.8, 4) is 0 Å². The van der Waals surface area contributed by atoms with Gasteiger partial charge in [0.05, 0.1) is 11.7 Å². The van der Waals surface area contributed by atoms with E-state index in [9.17, 15) is 0 Å². The Hall–Kier alpha value is -0.340. The molecule has 1 fully saturated rings. The van der Waals surface area contributed by atoms with E-state index in [-0.39, 0.29) is 18.3 Å². The van der Waals surface area contributed by atoms with Crippen molar-refractivity contribution in [3.05, 3.63) is 12.7 Å². The molecule has 0 aromatic carbocycles. The van der Waals surface area contributed by atoms with Crippen molar-refractivity contribution >= 4 is 0 Å². The van der Waals surface area contributed by atoms with Crippen molar-refractivity contribution < 1.29 is 9.84 Å². The topological polar surface area (TPSA) is 29.5 Å². The minimum atomic E-state index is -0.107. The van der Waals surface area contributed by atoms with Crippen LogP contribution in [-0.4, -0.2) is 23.4 Å². The zero-order valence-electron chi connectivity index (χ0n) is 7.92. The van der Waals surface area contributed by atoms with Gasteiger partial charge in [-0.2, -0.15) is 0 Å². The molecule has 1 aliphatic rings. The van der Waals surface area contributed by atoms with E-state index in [1.165, 1.54) is 0 Å². The van der Waals surface area contributed by atoms with E-state index in [1.54, 1.807) is 0 Å². The smallest absolute Gasteiger partial charge is 0.0764 e. The highest BCUT2D eigenvalue weighted by Gasteiger charge is 2.32. The Morgan fingerprint density at radius 1 is 1.67 bits per heavy atom. The number of aliphatic hydroxyl groups excluding tert-OH is 1. The Balaban J connectivity index is 2.58. The van der Waals surface area contributed by atoms with Gasteiger partial charge < -0.3 is 9.84 Å². The van der Waals surface area contributed by atoms with Crippen LogP contribution in [0.3, 0.4) is 0 Å². The van der Waals surface area contributed by atoms with Crippen LogP contribution < -0.4 is 0 Å².